The van der Waals surface area contributed by atoms with Crippen molar-refractivity contribution in [3.8, 4) is 0 Å². The Morgan fingerprint density at radius 2 is 1.07 bits per heavy atom. The van der Waals surface area contributed by atoms with Crippen molar-refractivity contribution in [2.24, 2.45) is 11.8 Å². The number of cyclic esters (lactones) is 2. The van der Waals surface area contributed by atoms with Crippen LogP contribution in [-0.4, -0.2) is 43.5 Å². The molecule has 0 bridgehead atoms. The van der Waals surface area contributed by atoms with Gasteiger partial charge in [0.2, 0.25) is 12.2 Å². The van der Waals surface area contributed by atoms with Crippen molar-refractivity contribution in [1.29, 1.82) is 0 Å². The maximum Gasteiger partial charge on any atom is 0.510 e. The molecule has 7 nitrogen and oxygen atoms in total. The highest BCUT2D eigenvalue weighted by atomic mass is 16.8. The summed E-state index contributed by atoms with van der Waals surface area (Å²) in [5, 5.41) is 0. The summed E-state index contributed by atoms with van der Waals surface area (Å²) in [5.74, 6) is -0.139. The predicted octanol–water partition coefficient (Wildman–Crippen LogP) is 5.19. The summed E-state index contributed by atoms with van der Waals surface area (Å²) in [6, 6.07) is 0. The van der Waals surface area contributed by atoms with E-state index in [2.05, 4.69) is 27.7 Å². The van der Waals surface area contributed by atoms with E-state index in [1.54, 1.807) is 0 Å². The summed E-state index contributed by atoms with van der Waals surface area (Å²) < 4.78 is 20.0. The van der Waals surface area contributed by atoms with Gasteiger partial charge in [0.15, 0.2) is 0 Å². The van der Waals surface area contributed by atoms with E-state index in [1.165, 1.54) is 12.8 Å². The lowest BCUT2D eigenvalue weighted by atomic mass is 10.0. The minimum atomic E-state index is -1.39. The molecule has 0 spiro atoms. The number of carbonyl (C=O) groups excluding carboxylic acids is 3. The first-order valence-corrected chi connectivity index (χ1v) is 11.5. The SMILES string of the molecule is CC(C)CCCCCCOC(=O)C1OC(=O)OC1C(=O)OCCCCCCC(C)C. The second-order valence-corrected chi connectivity index (χ2v) is 8.86. The Bertz CT molecular complexity index is 472. The zero-order valence-corrected chi connectivity index (χ0v) is 19.2. The lowest BCUT2D eigenvalue weighted by Gasteiger charge is -2.14. The van der Waals surface area contributed by atoms with Crippen molar-refractivity contribution in [2.45, 2.75) is 104 Å². The number of esters is 2. The quantitative estimate of drug-likeness (QED) is 0.190. The fourth-order valence-corrected chi connectivity index (χ4v) is 3.23. The van der Waals surface area contributed by atoms with Crippen LogP contribution in [0.4, 0.5) is 4.79 Å². The average Bonchev–Trinajstić information content (AvgIpc) is 3.07. The average molecular weight is 429 g/mol. The molecule has 1 aliphatic rings. The number of hydrogen-bond acceptors (Lipinski definition) is 7. The molecule has 2 unspecified atom stereocenters. The van der Waals surface area contributed by atoms with E-state index in [0.29, 0.717) is 11.8 Å². The van der Waals surface area contributed by atoms with Crippen LogP contribution in [0.5, 0.6) is 0 Å². The van der Waals surface area contributed by atoms with Crippen molar-refractivity contribution in [3.05, 3.63) is 0 Å². The Morgan fingerprint density at radius 1 is 0.700 bits per heavy atom. The Balaban J connectivity index is 2.23. The molecule has 30 heavy (non-hydrogen) atoms. The normalized spacial score (nSPS) is 18.4. The molecule has 0 N–H and O–H groups in total. The van der Waals surface area contributed by atoms with E-state index in [0.717, 1.165) is 51.4 Å². The van der Waals surface area contributed by atoms with Crippen molar-refractivity contribution >= 4 is 18.1 Å². The van der Waals surface area contributed by atoms with Crippen LogP contribution in [0.25, 0.3) is 0 Å². The smallest absolute Gasteiger partial charge is 0.463 e. The maximum absolute atomic E-state index is 12.2. The Kier molecular flexibility index (Phi) is 13.2. The van der Waals surface area contributed by atoms with Crippen LogP contribution in [0.2, 0.25) is 0 Å². The van der Waals surface area contributed by atoms with Gasteiger partial charge in [0.1, 0.15) is 0 Å². The molecular formula is C23H40O7. The predicted molar refractivity (Wildman–Crippen MR) is 113 cm³/mol. The molecule has 0 aliphatic carbocycles. The summed E-state index contributed by atoms with van der Waals surface area (Å²) >= 11 is 0. The maximum atomic E-state index is 12.2. The number of ether oxygens (including phenoxy) is 4. The topological polar surface area (TPSA) is 88.1 Å². The van der Waals surface area contributed by atoms with E-state index >= 15 is 0 Å². The summed E-state index contributed by atoms with van der Waals surface area (Å²) in [5.41, 5.74) is 0. The lowest BCUT2D eigenvalue weighted by molar-refractivity contribution is -0.163. The van der Waals surface area contributed by atoms with Gasteiger partial charge in [-0.3, -0.25) is 0 Å². The molecule has 174 valence electrons. The first-order chi connectivity index (χ1) is 14.3. The fraction of sp³-hybridized carbons (Fsp3) is 0.870. The molecular weight excluding hydrogens is 388 g/mol. The molecule has 0 amide bonds. The molecule has 1 saturated heterocycles. The second-order valence-electron chi connectivity index (χ2n) is 8.86. The zero-order chi connectivity index (χ0) is 22.4. The zero-order valence-electron chi connectivity index (χ0n) is 19.2. The van der Waals surface area contributed by atoms with Gasteiger partial charge < -0.3 is 18.9 Å². The molecule has 0 aromatic carbocycles. The summed E-state index contributed by atoms with van der Waals surface area (Å²) in [7, 11) is 0. The third kappa shape index (κ3) is 11.4. The van der Waals surface area contributed by atoms with Crippen LogP contribution in [0.15, 0.2) is 0 Å². The second kappa shape index (κ2) is 15.1. The van der Waals surface area contributed by atoms with E-state index in [-0.39, 0.29) is 13.2 Å². The number of hydrogen-bond donors (Lipinski definition) is 0. The molecule has 7 heteroatoms. The minimum absolute atomic E-state index is 0.229. The highest BCUT2D eigenvalue weighted by molar-refractivity contribution is 5.90. The first-order valence-electron chi connectivity index (χ1n) is 11.5. The van der Waals surface area contributed by atoms with Gasteiger partial charge in [-0.05, 0) is 24.7 Å². The van der Waals surface area contributed by atoms with E-state index in [4.69, 9.17) is 18.9 Å². The van der Waals surface area contributed by atoms with Crippen LogP contribution < -0.4 is 0 Å². The highest BCUT2D eigenvalue weighted by Crippen LogP contribution is 2.19. The molecule has 0 aromatic heterocycles. The van der Waals surface area contributed by atoms with Crippen molar-refractivity contribution < 1.29 is 33.3 Å². The molecule has 2 atom stereocenters. The molecule has 1 rings (SSSR count). The molecule has 1 fully saturated rings. The standard InChI is InChI=1S/C23H40O7/c1-17(2)13-9-5-7-11-15-27-21(24)19-20(30-23(26)29-19)22(25)28-16-12-8-6-10-14-18(3)4/h17-20H,5-16H2,1-4H3. The van der Waals surface area contributed by atoms with Crippen LogP contribution in [0, 0.1) is 11.8 Å². The van der Waals surface area contributed by atoms with Crippen molar-refractivity contribution in [2.75, 3.05) is 13.2 Å². The van der Waals surface area contributed by atoms with Gasteiger partial charge in [0.25, 0.3) is 0 Å². The van der Waals surface area contributed by atoms with Crippen LogP contribution in [-0.2, 0) is 28.5 Å². The van der Waals surface area contributed by atoms with Gasteiger partial charge >= 0.3 is 18.1 Å². The van der Waals surface area contributed by atoms with Crippen LogP contribution in [0.3, 0.4) is 0 Å². The minimum Gasteiger partial charge on any atom is -0.463 e. The van der Waals surface area contributed by atoms with Crippen molar-refractivity contribution in [1.82, 2.24) is 0 Å². The van der Waals surface area contributed by atoms with Gasteiger partial charge in [-0.2, -0.15) is 0 Å². The van der Waals surface area contributed by atoms with Gasteiger partial charge in [0.05, 0.1) is 13.2 Å². The van der Waals surface area contributed by atoms with Crippen LogP contribution >= 0.6 is 0 Å². The number of carbonyl (C=O) groups is 3. The van der Waals surface area contributed by atoms with Gasteiger partial charge in [-0.25, -0.2) is 14.4 Å². The van der Waals surface area contributed by atoms with Gasteiger partial charge in [-0.15, -0.1) is 0 Å². The first kappa shape index (κ1) is 26.2. The molecule has 1 aliphatic heterocycles. The summed E-state index contributed by atoms with van der Waals surface area (Å²) in [6.07, 6.45) is 6.43. The molecule has 0 saturated carbocycles. The van der Waals surface area contributed by atoms with Gasteiger partial charge in [-0.1, -0.05) is 79.1 Å². The van der Waals surface area contributed by atoms with E-state index < -0.39 is 30.3 Å². The number of rotatable bonds is 16. The largest absolute Gasteiger partial charge is 0.510 e. The third-order valence-electron chi connectivity index (χ3n) is 5.03. The monoisotopic (exact) mass is 428 g/mol. The van der Waals surface area contributed by atoms with Gasteiger partial charge in [0, 0.05) is 0 Å². The molecule has 0 aromatic rings. The number of unbranched alkanes of at least 4 members (excludes halogenated alkanes) is 6. The van der Waals surface area contributed by atoms with Crippen LogP contribution in [0.1, 0.15) is 91.9 Å². The lowest BCUT2D eigenvalue weighted by Crippen LogP contribution is -2.39. The fourth-order valence-electron chi connectivity index (χ4n) is 3.23. The van der Waals surface area contributed by atoms with E-state index in [9.17, 15) is 14.4 Å². The third-order valence-corrected chi connectivity index (χ3v) is 5.03. The molecule has 0 radical (unpaired) electrons. The highest BCUT2D eigenvalue weighted by Gasteiger charge is 2.48. The Morgan fingerprint density at radius 3 is 1.43 bits per heavy atom. The van der Waals surface area contributed by atoms with E-state index in [1.807, 2.05) is 0 Å². The summed E-state index contributed by atoms with van der Waals surface area (Å²) in [4.78, 5) is 35.8. The summed E-state index contributed by atoms with van der Waals surface area (Å²) in [6.45, 7) is 9.24. The molecule has 1 heterocycles. The van der Waals surface area contributed by atoms with Crippen molar-refractivity contribution in [3.63, 3.8) is 0 Å². The Hall–Kier alpha value is -1.79. The Labute approximate surface area is 181 Å².